The van der Waals surface area contributed by atoms with E-state index in [0.29, 0.717) is 11.6 Å². The first-order chi connectivity index (χ1) is 9.54. The Bertz CT molecular complexity index is 614. The van der Waals surface area contributed by atoms with E-state index in [-0.39, 0.29) is 5.69 Å². The van der Waals surface area contributed by atoms with Crippen molar-refractivity contribution < 1.29 is 4.92 Å². The van der Waals surface area contributed by atoms with Gasteiger partial charge in [0, 0.05) is 24.4 Å². The minimum Gasteiger partial charge on any atom is -0.272 e. The Hall–Kier alpha value is -2.50. The molecule has 0 atom stereocenters. The monoisotopic (exact) mass is 272 g/mol. The maximum Gasteiger partial charge on any atom is 0.287 e. The number of aromatic nitrogens is 3. The Morgan fingerprint density at radius 3 is 2.75 bits per heavy atom. The molecular weight excluding hydrogens is 256 g/mol. The zero-order valence-electron chi connectivity index (χ0n) is 11.4. The number of hydrogen-bond donors (Lipinski definition) is 0. The summed E-state index contributed by atoms with van der Waals surface area (Å²) < 4.78 is 1.90. The van der Waals surface area contributed by atoms with E-state index in [1.54, 1.807) is 18.3 Å². The van der Waals surface area contributed by atoms with Crippen molar-refractivity contribution >= 4 is 17.8 Å². The second-order valence-electron chi connectivity index (χ2n) is 4.92. The second kappa shape index (κ2) is 6.10. The van der Waals surface area contributed by atoms with Gasteiger partial charge < -0.3 is 0 Å². The number of nitrogens with zero attached hydrogens (tertiary/aromatic N) is 4. The molecule has 0 saturated heterocycles. The van der Waals surface area contributed by atoms with Gasteiger partial charge in [-0.3, -0.25) is 14.8 Å². The summed E-state index contributed by atoms with van der Waals surface area (Å²) in [7, 11) is 0. The molecule has 0 radical (unpaired) electrons. The van der Waals surface area contributed by atoms with Gasteiger partial charge in [0.25, 0.3) is 5.69 Å². The standard InChI is InChI=1S/C14H16N4O2/c1-11(2)9-17-10-12(7-16-17)3-4-13-5-6-14(8-15-13)18(19)20/h3-8,10-11H,9H2,1-2H3/b4-3+. The minimum absolute atomic E-state index is 0.00750. The summed E-state index contributed by atoms with van der Waals surface area (Å²) in [6.45, 7) is 5.15. The molecule has 0 aliphatic rings. The van der Waals surface area contributed by atoms with E-state index in [1.165, 1.54) is 12.3 Å². The largest absolute Gasteiger partial charge is 0.287 e. The van der Waals surface area contributed by atoms with Crippen molar-refractivity contribution in [2.75, 3.05) is 0 Å². The lowest BCUT2D eigenvalue weighted by Crippen LogP contribution is -2.03. The molecule has 0 aromatic carbocycles. The summed E-state index contributed by atoms with van der Waals surface area (Å²) in [5.41, 5.74) is 1.64. The average molecular weight is 272 g/mol. The van der Waals surface area contributed by atoms with E-state index in [4.69, 9.17) is 0 Å². The van der Waals surface area contributed by atoms with Crippen LogP contribution < -0.4 is 0 Å². The van der Waals surface area contributed by atoms with Crippen LogP contribution in [0.1, 0.15) is 25.1 Å². The smallest absolute Gasteiger partial charge is 0.272 e. The van der Waals surface area contributed by atoms with Crippen LogP contribution in [-0.4, -0.2) is 19.7 Å². The quantitative estimate of drug-likeness (QED) is 0.619. The van der Waals surface area contributed by atoms with Gasteiger partial charge >= 0.3 is 0 Å². The predicted molar refractivity (Wildman–Crippen MR) is 76.9 cm³/mol. The van der Waals surface area contributed by atoms with Crippen LogP contribution in [0.2, 0.25) is 0 Å². The molecule has 0 saturated carbocycles. The lowest BCUT2D eigenvalue weighted by Gasteiger charge is -2.02. The van der Waals surface area contributed by atoms with Crippen molar-refractivity contribution in [1.29, 1.82) is 0 Å². The SMILES string of the molecule is CC(C)Cn1cc(/C=C/c2ccc([N+](=O)[O-])cn2)cn1. The Balaban J connectivity index is 2.05. The molecule has 2 heterocycles. The topological polar surface area (TPSA) is 73.8 Å². The van der Waals surface area contributed by atoms with Crippen molar-refractivity contribution in [3.63, 3.8) is 0 Å². The van der Waals surface area contributed by atoms with Crippen LogP contribution in [0.5, 0.6) is 0 Å². The third kappa shape index (κ3) is 3.74. The molecule has 0 amide bonds. The molecule has 2 aromatic heterocycles. The average Bonchev–Trinajstić information content (AvgIpc) is 2.83. The van der Waals surface area contributed by atoms with Crippen LogP contribution in [0.15, 0.2) is 30.7 Å². The second-order valence-corrected chi connectivity index (χ2v) is 4.92. The number of nitro groups is 1. The summed E-state index contributed by atoms with van der Waals surface area (Å²) in [5, 5.41) is 14.8. The summed E-state index contributed by atoms with van der Waals surface area (Å²) in [4.78, 5) is 14.1. The highest BCUT2D eigenvalue weighted by Crippen LogP contribution is 2.11. The zero-order valence-corrected chi connectivity index (χ0v) is 11.4. The van der Waals surface area contributed by atoms with Crippen LogP contribution in [0.3, 0.4) is 0 Å². The number of hydrogen-bond acceptors (Lipinski definition) is 4. The van der Waals surface area contributed by atoms with E-state index in [2.05, 4.69) is 23.9 Å². The van der Waals surface area contributed by atoms with Crippen LogP contribution in [0.25, 0.3) is 12.2 Å². The lowest BCUT2D eigenvalue weighted by atomic mass is 10.2. The maximum atomic E-state index is 10.5. The first-order valence-corrected chi connectivity index (χ1v) is 6.35. The predicted octanol–water partition coefficient (Wildman–Crippen LogP) is 3.01. The molecule has 0 aliphatic carbocycles. The van der Waals surface area contributed by atoms with Crippen LogP contribution >= 0.6 is 0 Å². The molecule has 0 unspecified atom stereocenters. The molecule has 2 aromatic rings. The summed E-state index contributed by atoms with van der Waals surface area (Å²) >= 11 is 0. The van der Waals surface area contributed by atoms with E-state index in [9.17, 15) is 10.1 Å². The molecule has 6 nitrogen and oxygen atoms in total. The molecule has 2 rings (SSSR count). The van der Waals surface area contributed by atoms with Crippen molar-refractivity contribution in [3.05, 3.63) is 52.1 Å². The van der Waals surface area contributed by atoms with E-state index >= 15 is 0 Å². The summed E-state index contributed by atoms with van der Waals surface area (Å²) in [6, 6.07) is 3.06. The first-order valence-electron chi connectivity index (χ1n) is 6.35. The molecule has 0 spiro atoms. The van der Waals surface area contributed by atoms with Crippen molar-refractivity contribution in [3.8, 4) is 0 Å². The van der Waals surface area contributed by atoms with Crippen molar-refractivity contribution in [2.45, 2.75) is 20.4 Å². The van der Waals surface area contributed by atoms with Crippen molar-refractivity contribution in [2.24, 2.45) is 5.92 Å². The Labute approximate surface area is 116 Å². The van der Waals surface area contributed by atoms with Gasteiger partial charge in [-0.15, -0.1) is 0 Å². The third-order valence-electron chi connectivity index (χ3n) is 2.63. The van der Waals surface area contributed by atoms with Gasteiger partial charge in [-0.1, -0.05) is 13.8 Å². The Morgan fingerprint density at radius 2 is 2.15 bits per heavy atom. The van der Waals surface area contributed by atoms with E-state index in [1.807, 2.05) is 17.0 Å². The molecule has 6 heteroatoms. The highest BCUT2D eigenvalue weighted by atomic mass is 16.6. The first kappa shape index (κ1) is 13.9. The van der Waals surface area contributed by atoms with E-state index < -0.39 is 4.92 Å². The Kier molecular flexibility index (Phi) is 4.24. The highest BCUT2D eigenvalue weighted by molar-refractivity contribution is 5.67. The molecule has 0 fully saturated rings. The molecule has 0 bridgehead atoms. The molecule has 20 heavy (non-hydrogen) atoms. The normalized spacial score (nSPS) is 11.3. The van der Waals surface area contributed by atoms with Crippen LogP contribution in [0, 0.1) is 16.0 Å². The Morgan fingerprint density at radius 1 is 1.35 bits per heavy atom. The third-order valence-corrected chi connectivity index (χ3v) is 2.63. The highest BCUT2D eigenvalue weighted by Gasteiger charge is 2.03. The minimum atomic E-state index is -0.462. The number of pyridine rings is 1. The lowest BCUT2D eigenvalue weighted by molar-refractivity contribution is -0.385. The van der Waals surface area contributed by atoms with Gasteiger partial charge in [0.2, 0.25) is 0 Å². The van der Waals surface area contributed by atoms with E-state index in [0.717, 1.165) is 12.1 Å². The summed E-state index contributed by atoms with van der Waals surface area (Å²) in [5.74, 6) is 0.545. The van der Waals surface area contributed by atoms with Gasteiger partial charge in [-0.25, -0.2) is 4.98 Å². The maximum absolute atomic E-state index is 10.5. The fourth-order valence-corrected chi connectivity index (χ4v) is 1.73. The van der Waals surface area contributed by atoms with Gasteiger partial charge in [0.15, 0.2) is 0 Å². The molecule has 0 N–H and O–H groups in total. The number of rotatable bonds is 5. The fourth-order valence-electron chi connectivity index (χ4n) is 1.73. The van der Waals surface area contributed by atoms with Crippen molar-refractivity contribution in [1.82, 2.24) is 14.8 Å². The van der Waals surface area contributed by atoms with Gasteiger partial charge in [-0.05, 0) is 24.1 Å². The van der Waals surface area contributed by atoms with Gasteiger partial charge in [0.1, 0.15) is 6.20 Å². The van der Waals surface area contributed by atoms with Gasteiger partial charge in [-0.2, -0.15) is 5.10 Å². The molecular formula is C14H16N4O2. The van der Waals surface area contributed by atoms with Gasteiger partial charge in [0.05, 0.1) is 16.8 Å². The van der Waals surface area contributed by atoms with Crippen LogP contribution in [0.4, 0.5) is 5.69 Å². The summed E-state index contributed by atoms with van der Waals surface area (Å²) in [6.07, 6.45) is 8.69. The molecule has 104 valence electrons. The fraction of sp³-hybridized carbons (Fsp3) is 0.286. The van der Waals surface area contributed by atoms with Crippen LogP contribution in [-0.2, 0) is 6.54 Å². The zero-order chi connectivity index (χ0) is 14.5. The molecule has 0 aliphatic heterocycles.